The fourth-order valence-corrected chi connectivity index (χ4v) is 3.10. The minimum atomic E-state index is -0.547. The average molecular weight is 339 g/mol. The summed E-state index contributed by atoms with van der Waals surface area (Å²) < 4.78 is 13.8. The molecule has 25 heavy (non-hydrogen) atoms. The fourth-order valence-electron chi connectivity index (χ4n) is 3.10. The van der Waals surface area contributed by atoms with Gasteiger partial charge in [-0.25, -0.2) is 9.37 Å². The topological polar surface area (TPSA) is 77.2 Å². The summed E-state index contributed by atoms with van der Waals surface area (Å²) in [6.07, 6.45) is 3.04. The van der Waals surface area contributed by atoms with Crippen LogP contribution in [0.4, 0.5) is 10.1 Å². The summed E-state index contributed by atoms with van der Waals surface area (Å²) in [4.78, 5) is 18.8. The van der Waals surface area contributed by atoms with Gasteiger partial charge in [-0.15, -0.1) is 0 Å². The Morgan fingerprint density at radius 3 is 2.64 bits per heavy atom. The van der Waals surface area contributed by atoms with E-state index in [0.29, 0.717) is 37.2 Å². The standard InChI is InChI=1S/C19H18FN3O2/c20-18-9-14(1-2-15(18)12-24)19(25)13-5-7-23(8-6-13)17-4-3-16(10-21)22-11-17/h1-4,9,11,13,24H,5-8,12H2. The number of aromatic nitrogens is 1. The smallest absolute Gasteiger partial charge is 0.166 e. The zero-order valence-corrected chi connectivity index (χ0v) is 13.7. The lowest BCUT2D eigenvalue weighted by Crippen LogP contribution is -2.36. The Labute approximate surface area is 145 Å². The third-order valence-corrected chi connectivity index (χ3v) is 4.60. The normalized spacial score (nSPS) is 15.0. The van der Waals surface area contributed by atoms with Gasteiger partial charge in [0, 0.05) is 30.1 Å². The predicted molar refractivity (Wildman–Crippen MR) is 90.5 cm³/mol. The van der Waals surface area contributed by atoms with Crippen LogP contribution in [0.1, 0.15) is 34.5 Å². The molecule has 0 spiro atoms. The van der Waals surface area contributed by atoms with Gasteiger partial charge in [0.05, 0.1) is 18.5 Å². The molecule has 5 nitrogen and oxygen atoms in total. The largest absolute Gasteiger partial charge is 0.392 e. The molecule has 0 unspecified atom stereocenters. The van der Waals surface area contributed by atoms with Crippen molar-refractivity contribution in [2.45, 2.75) is 19.4 Å². The first-order chi connectivity index (χ1) is 12.1. The van der Waals surface area contributed by atoms with Gasteiger partial charge in [-0.2, -0.15) is 5.26 Å². The first kappa shape index (κ1) is 17.1. The number of ketones is 1. The summed E-state index contributed by atoms with van der Waals surface area (Å²) in [6, 6.07) is 9.77. The summed E-state index contributed by atoms with van der Waals surface area (Å²) in [5, 5.41) is 17.8. The molecule has 0 amide bonds. The number of halogens is 1. The van der Waals surface area contributed by atoms with Crippen LogP contribution < -0.4 is 4.90 Å². The van der Waals surface area contributed by atoms with Crippen molar-refractivity contribution < 1.29 is 14.3 Å². The quantitative estimate of drug-likeness (QED) is 0.867. The molecule has 1 aromatic carbocycles. The van der Waals surface area contributed by atoms with E-state index in [1.165, 1.54) is 12.1 Å². The van der Waals surface area contributed by atoms with Gasteiger partial charge < -0.3 is 10.0 Å². The van der Waals surface area contributed by atoms with E-state index in [9.17, 15) is 9.18 Å². The highest BCUT2D eigenvalue weighted by Gasteiger charge is 2.26. The van der Waals surface area contributed by atoms with Crippen molar-refractivity contribution in [1.29, 1.82) is 5.26 Å². The van der Waals surface area contributed by atoms with Gasteiger partial charge in [0.2, 0.25) is 0 Å². The number of rotatable bonds is 4. The molecule has 6 heteroatoms. The Morgan fingerprint density at radius 1 is 1.32 bits per heavy atom. The molecule has 3 rings (SSSR count). The molecule has 128 valence electrons. The van der Waals surface area contributed by atoms with Gasteiger partial charge in [-0.1, -0.05) is 12.1 Å². The number of aliphatic hydroxyl groups is 1. The highest BCUT2D eigenvalue weighted by molar-refractivity contribution is 5.98. The number of pyridine rings is 1. The summed E-state index contributed by atoms with van der Waals surface area (Å²) in [6.45, 7) is 1.04. The SMILES string of the molecule is N#Cc1ccc(N2CCC(C(=O)c3ccc(CO)c(F)c3)CC2)cn1. The maximum Gasteiger partial charge on any atom is 0.166 e. The van der Waals surface area contributed by atoms with Gasteiger partial charge in [0.15, 0.2) is 5.78 Å². The number of carbonyl (C=O) groups is 1. The second kappa shape index (κ2) is 7.41. The summed E-state index contributed by atoms with van der Waals surface area (Å²) in [5.74, 6) is -0.739. The first-order valence-corrected chi connectivity index (χ1v) is 8.17. The molecule has 1 N–H and O–H groups in total. The average Bonchev–Trinajstić information content (AvgIpc) is 2.67. The molecule has 1 saturated heterocycles. The highest BCUT2D eigenvalue weighted by Crippen LogP contribution is 2.26. The van der Waals surface area contributed by atoms with Gasteiger partial charge in [-0.05, 0) is 31.0 Å². The summed E-state index contributed by atoms with van der Waals surface area (Å²) in [7, 11) is 0. The number of aliphatic hydroxyl groups excluding tert-OH is 1. The molecule has 1 aromatic heterocycles. The minimum Gasteiger partial charge on any atom is -0.392 e. The molecule has 0 bridgehead atoms. The van der Waals surface area contributed by atoms with Crippen molar-refractivity contribution in [3.05, 3.63) is 59.2 Å². The zero-order valence-electron chi connectivity index (χ0n) is 13.7. The second-order valence-corrected chi connectivity index (χ2v) is 6.10. The van der Waals surface area contributed by atoms with Crippen LogP contribution in [0.15, 0.2) is 36.5 Å². The molecule has 2 heterocycles. The molecular weight excluding hydrogens is 321 g/mol. The van der Waals surface area contributed by atoms with E-state index < -0.39 is 5.82 Å². The number of anilines is 1. The predicted octanol–water partition coefficient (Wildman–Crippen LogP) is 2.68. The van der Waals surface area contributed by atoms with Gasteiger partial charge in [-0.3, -0.25) is 4.79 Å². The van der Waals surface area contributed by atoms with E-state index >= 15 is 0 Å². The van der Waals surface area contributed by atoms with Crippen LogP contribution in [0, 0.1) is 23.1 Å². The molecule has 0 radical (unpaired) electrons. The second-order valence-electron chi connectivity index (χ2n) is 6.10. The number of piperidine rings is 1. The van der Waals surface area contributed by atoms with E-state index in [1.54, 1.807) is 18.3 Å². The van der Waals surface area contributed by atoms with Crippen molar-refractivity contribution in [2.75, 3.05) is 18.0 Å². The number of Topliss-reactive ketones (excluding diaryl/α,β-unsaturated/α-hetero) is 1. The van der Waals surface area contributed by atoms with Crippen LogP contribution in [0.5, 0.6) is 0 Å². The van der Waals surface area contributed by atoms with Crippen LogP contribution in [0.3, 0.4) is 0 Å². The van der Waals surface area contributed by atoms with E-state index in [-0.39, 0.29) is 23.9 Å². The molecule has 0 saturated carbocycles. The summed E-state index contributed by atoms with van der Waals surface area (Å²) in [5.41, 5.74) is 1.86. The third-order valence-electron chi connectivity index (χ3n) is 4.60. The van der Waals surface area contributed by atoms with Gasteiger partial charge >= 0.3 is 0 Å². The van der Waals surface area contributed by atoms with E-state index in [4.69, 9.17) is 10.4 Å². The summed E-state index contributed by atoms with van der Waals surface area (Å²) >= 11 is 0. The number of nitrogens with zero attached hydrogens (tertiary/aromatic N) is 3. The maximum absolute atomic E-state index is 13.8. The van der Waals surface area contributed by atoms with Crippen molar-refractivity contribution in [2.24, 2.45) is 5.92 Å². The minimum absolute atomic E-state index is 0.0546. The number of carbonyl (C=O) groups excluding carboxylic acids is 1. The van der Waals surface area contributed by atoms with Gasteiger partial charge in [0.25, 0.3) is 0 Å². The highest BCUT2D eigenvalue weighted by atomic mass is 19.1. The molecule has 1 aliphatic rings. The third kappa shape index (κ3) is 3.67. The molecule has 1 aliphatic heterocycles. The zero-order chi connectivity index (χ0) is 17.8. The van der Waals surface area contributed by atoms with Crippen molar-refractivity contribution in [3.8, 4) is 6.07 Å². The van der Waals surface area contributed by atoms with Crippen LogP contribution in [-0.4, -0.2) is 29.0 Å². The van der Waals surface area contributed by atoms with E-state index in [1.807, 2.05) is 12.1 Å². The monoisotopic (exact) mass is 339 g/mol. The number of nitriles is 1. The molecular formula is C19H18FN3O2. The molecule has 1 fully saturated rings. The van der Waals surface area contributed by atoms with E-state index in [2.05, 4.69) is 9.88 Å². The number of hydrogen-bond donors (Lipinski definition) is 1. The van der Waals surface area contributed by atoms with Crippen LogP contribution in [-0.2, 0) is 6.61 Å². The van der Waals surface area contributed by atoms with E-state index in [0.717, 1.165) is 5.69 Å². The Hall–Kier alpha value is -2.78. The lowest BCUT2D eigenvalue weighted by molar-refractivity contribution is 0.0900. The molecule has 0 atom stereocenters. The Bertz CT molecular complexity index is 806. The van der Waals surface area contributed by atoms with Gasteiger partial charge in [0.1, 0.15) is 17.6 Å². The lowest BCUT2D eigenvalue weighted by atomic mass is 9.88. The lowest BCUT2D eigenvalue weighted by Gasteiger charge is -2.32. The Kier molecular flexibility index (Phi) is 5.05. The number of hydrogen-bond acceptors (Lipinski definition) is 5. The Morgan fingerprint density at radius 2 is 2.08 bits per heavy atom. The maximum atomic E-state index is 13.8. The number of benzene rings is 1. The van der Waals surface area contributed by atoms with Crippen molar-refractivity contribution in [3.63, 3.8) is 0 Å². The molecule has 2 aromatic rings. The van der Waals surface area contributed by atoms with Crippen LogP contribution >= 0.6 is 0 Å². The van der Waals surface area contributed by atoms with Crippen LogP contribution in [0.25, 0.3) is 0 Å². The fraction of sp³-hybridized carbons (Fsp3) is 0.316. The first-order valence-electron chi connectivity index (χ1n) is 8.17. The van der Waals surface area contributed by atoms with Crippen LogP contribution in [0.2, 0.25) is 0 Å². The van der Waals surface area contributed by atoms with Crippen molar-refractivity contribution in [1.82, 2.24) is 4.98 Å². The molecule has 0 aliphatic carbocycles. The Balaban J connectivity index is 1.64. The van der Waals surface area contributed by atoms with Crippen molar-refractivity contribution >= 4 is 11.5 Å².